The Morgan fingerprint density at radius 1 is 0.885 bits per heavy atom. The summed E-state index contributed by atoms with van der Waals surface area (Å²) in [6.45, 7) is 4.51. The van der Waals surface area contributed by atoms with Gasteiger partial charge in [0.15, 0.2) is 5.96 Å². The molecule has 0 aromatic heterocycles. The SMILES string of the molecule is CCNC(=NCc1ccccc1)NCCC(=O)NCc1ccccc1.I. The maximum atomic E-state index is 11.9. The molecule has 0 saturated heterocycles. The van der Waals surface area contributed by atoms with Crippen LogP contribution in [0.3, 0.4) is 0 Å². The van der Waals surface area contributed by atoms with E-state index in [-0.39, 0.29) is 29.9 Å². The molecule has 0 aliphatic heterocycles. The lowest BCUT2D eigenvalue weighted by atomic mass is 10.2. The Balaban J connectivity index is 0.00000338. The van der Waals surface area contributed by atoms with Crippen LogP contribution in [-0.2, 0) is 17.9 Å². The molecule has 6 heteroatoms. The quantitative estimate of drug-likeness (QED) is 0.318. The lowest BCUT2D eigenvalue weighted by Crippen LogP contribution is -2.39. The number of carbonyl (C=O) groups excluding carboxylic acids is 1. The van der Waals surface area contributed by atoms with Gasteiger partial charge in [-0.2, -0.15) is 0 Å². The van der Waals surface area contributed by atoms with Gasteiger partial charge in [-0.05, 0) is 18.1 Å². The number of nitrogens with one attached hydrogen (secondary N) is 3. The molecule has 3 N–H and O–H groups in total. The largest absolute Gasteiger partial charge is 0.357 e. The number of nitrogens with zero attached hydrogens (tertiary/aromatic N) is 1. The van der Waals surface area contributed by atoms with Crippen LogP contribution in [0.5, 0.6) is 0 Å². The van der Waals surface area contributed by atoms with Crippen LogP contribution in [0.15, 0.2) is 65.7 Å². The fourth-order valence-electron chi connectivity index (χ4n) is 2.27. The van der Waals surface area contributed by atoms with Crippen molar-refractivity contribution in [3.63, 3.8) is 0 Å². The highest BCUT2D eigenvalue weighted by atomic mass is 127. The molecule has 0 radical (unpaired) electrons. The predicted octanol–water partition coefficient (Wildman–Crippen LogP) is 3.07. The van der Waals surface area contributed by atoms with Gasteiger partial charge in [0.2, 0.25) is 5.91 Å². The molecule has 2 rings (SSSR count). The summed E-state index contributed by atoms with van der Waals surface area (Å²) in [7, 11) is 0. The second kappa shape index (κ2) is 13.2. The zero-order chi connectivity index (χ0) is 17.7. The summed E-state index contributed by atoms with van der Waals surface area (Å²) in [5, 5.41) is 9.31. The molecule has 1 amide bonds. The van der Waals surface area contributed by atoms with Gasteiger partial charge in [-0.25, -0.2) is 4.99 Å². The van der Waals surface area contributed by atoms with Crippen molar-refractivity contribution in [1.82, 2.24) is 16.0 Å². The van der Waals surface area contributed by atoms with Crippen LogP contribution in [-0.4, -0.2) is 25.0 Å². The number of hydrogen-bond acceptors (Lipinski definition) is 2. The standard InChI is InChI=1S/C20H26N4O.HI/c1-2-21-20(24-16-18-11-7-4-8-12-18)22-14-13-19(25)23-15-17-9-5-3-6-10-17;/h3-12H,2,13-16H2,1H3,(H,23,25)(H2,21,22,24);1H. The minimum atomic E-state index is 0. The van der Waals surface area contributed by atoms with E-state index >= 15 is 0 Å². The first-order valence-corrected chi connectivity index (χ1v) is 8.64. The number of amides is 1. The molecule has 0 aliphatic rings. The highest BCUT2D eigenvalue weighted by Gasteiger charge is 2.03. The zero-order valence-corrected chi connectivity index (χ0v) is 17.4. The van der Waals surface area contributed by atoms with Crippen molar-refractivity contribution in [3.8, 4) is 0 Å². The van der Waals surface area contributed by atoms with Crippen molar-refractivity contribution in [2.24, 2.45) is 4.99 Å². The van der Waals surface area contributed by atoms with Crippen LogP contribution in [0.2, 0.25) is 0 Å². The first-order valence-electron chi connectivity index (χ1n) is 8.64. The van der Waals surface area contributed by atoms with Crippen LogP contribution < -0.4 is 16.0 Å². The van der Waals surface area contributed by atoms with Gasteiger partial charge in [0, 0.05) is 26.1 Å². The number of halogens is 1. The first-order chi connectivity index (χ1) is 12.3. The van der Waals surface area contributed by atoms with E-state index in [4.69, 9.17) is 0 Å². The lowest BCUT2D eigenvalue weighted by Gasteiger charge is -2.11. The Kier molecular flexibility index (Phi) is 11.1. The van der Waals surface area contributed by atoms with Crippen LogP contribution in [0.1, 0.15) is 24.5 Å². The smallest absolute Gasteiger partial charge is 0.222 e. The third-order valence-corrected chi connectivity index (χ3v) is 3.58. The Bertz CT molecular complexity index is 662. The fourth-order valence-corrected chi connectivity index (χ4v) is 2.27. The Morgan fingerprint density at radius 3 is 2.12 bits per heavy atom. The molecule has 0 spiro atoms. The summed E-state index contributed by atoms with van der Waals surface area (Å²) in [6.07, 6.45) is 0.405. The average molecular weight is 466 g/mol. The van der Waals surface area contributed by atoms with Gasteiger partial charge in [-0.15, -0.1) is 24.0 Å². The van der Waals surface area contributed by atoms with Crippen molar-refractivity contribution in [2.45, 2.75) is 26.4 Å². The third kappa shape index (κ3) is 8.84. The highest BCUT2D eigenvalue weighted by Crippen LogP contribution is 2.00. The number of carbonyl (C=O) groups is 1. The van der Waals surface area contributed by atoms with E-state index in [2.05, 4.69) is 20.9 Å². The minimum Gasteiger partial charge on any atom is -0.357 e. The van der Waals surface area contributed by atoms with Crippen molar-refractivity contribution >= 4 is 35.8 Å². The van der Waals surface area contributed by atoms with E-state index in [0.29, 0.717) is 26.1 Å². The fraction of sp³-hybridized carbons (Fsp3) is 0.300. The Hall–Kier alpha value is -2.09. The summed E-state index contributed by atoms with van der Waals surface area (Å²) >= 11 is 0. The van der Waals surface area contributed by atoms with E-state index in [1.54, 1.807) is 0 Å². The van der Waals surface area contributed by atoms with Crippen LogP contribution in [0.4, 0.5) is 0 Å². The molecular formula is C20H27IN4O. The van der Waals surface area contributed by atoms with Crippen LogP contribution >= 0.6 is 24.0 Å². The van der Waals surface area contributed by atoms with Gasteiger partial charge in [0.25, 0.3) is 0 Å². The van der Waals surface area contributed by atoms with Crippen molar-refractivity contribution in [2.75, 3.05) is 13.1 Å². The van der Waals surface area contributed by atoms with Gasteiger partial charge in [0.05, 0.1) is 6.54 Å². The molecule has 2 aromatic carbocycles. The monoisotopic (exact) mass is 466 g/mol. The Morgan fingerprint density at radius 2 is 1.50 bits per heavy atom. The van der Waals surface area contributed by atoms with Gasteiger partial charge in [-0.1, -0.05) is 60.7 Å². The highest BCUT2D eigenvalue weighted by molar-refractivity contribution is 14.0. The van der Waals surface area contributed by atoms with Crippen molar-refractivity contribution < 1.29 is 4.79 Å². The number of guanidine groups is 1. The first kappa shape index (κ1) is 22.0. The number of benzene rings is 2. The lowest BCUT2D eigenvalue weighted by molar-refractivity contribution is -0.121. The van der Waals surface area contributed by atoms with E-state index in [1.807, 2.05) is 67.6 Å². The molecule has 0 saturated carbocycles. The van der Waals surface area contributed by atoms with Gasteiger partial charge in [-0.3, -0.25) is 4.79 Å². The molecule has 26 heavy (non-hydrogen) atoms. The van der Waals surface area contributed by atoms with Crippen molar-refractivity contribution in [3.05, 3.63) is 71.8 Å². The molecule has 5 nitrogen and oxygen atoms in total. The van der Waals surface area contributed by atoms with Crippen LogP contribution in [0.25, 0.3) is 0 Å². The molecule has 140 valence electrons. The van der Waals surface area contributed by atoms with Gasteiger partial charge >= 0.3 is 0 Å². The maximum absolute atomic E-state index is 11.9. The average Bonchev–Trinajstić information content (AvgIpc) is 2.66. The van der Waals surface area contributed by atoms with E-state index < -0.39 is 0 Å². The van der Waals surface area contributed by atoms with Gasteiger partial charge < -0.3 is 16.0 Å². The summed E-state index contributed by atoms with van der Waals surface area (Å²) in [5.41, 5.74) is 2.25. The minimum absolute atomic E-state index is 0. The van der Waals surface area contributed by atoms with E-state index in [9.17, 15) is 4.79 Å². The van der Waals surface area contributed by atoms with Crippen LogP contribution in [0, 0.1) is 0 Å². The number of rotatable bonds is 8. The van der Waals surface area contributed by atoms with E-state index in [0.717, 1.165) is 23.6 Å². The normalized spacial score (nSPS) is 10.6. The zero-order valence-electron chi connectivity index (χ0n) is 15.1. The molecule has 0 unspecified atom stereocenters. The molecule has 0 aliphatic carbocycles. The topological polar surface area (TPSA) is 65.5 Å². The number of aliphatic imine (C=N–C) groups is 1. The molecule has 0 bridgehead atoms. The third-order valence-electron chi connectivity index (χ3n) is 3.58. The van der Waals surface area contributed by atoms with Crippen molar-refractivity contribution in [1.29, 1.82) is 0 Å². The summed E-state index contributed by atoms with van der Waals surface area (Å²) in [4.78, 5) is 16.5. The second-order valence-electron chi connectivity index (χ2n) is 5.62. The summed E-state index contributed by atoms with van der Waals surface area (Å²) in [6, 6.07) is 20.0. The second-order valence-corrected chi connectivity index (χ2v) is 5.62. The molecule has 2 aromatic rings. The molecule has 0 heterocycles. The maximum Gasteiger partial charge on any atom is 0.222 e. The van der Waals surface area contributed by atoms with E-state index in [1.165, 1.54) is 0 Å². The summed E-state index contributed by atoms with van der Waals surface area (Å²) < 4.78 is 0. The molecular weight excluding hydrogens is 439 g/mol. The Labute approximate surface area is 172 Å². The molecule has 0 fully saturated rings. The van der Waals surface area contributed by atoms with Gasteiger partial charge in [0.1, 0.15) is 0 Å². The number of hydrogen-bond donors (Lipinski definition) is 3. The summed E-state index contributed by atoms with van der Waals surface area (Å²) in [5.74, 6) is 0.748. The predicted molar refractivity (Wildman–Crippen MR) is 118 cm³/mol. The molecule has 0 atom stereocenters.